The van der Waals surface area contributed by atoms with Crippen molar-refractivity contribution in [3.05, 3.63) is 47.2 Å². The summed E-state index contributed by atoms with van der Waals surface area (Å²) in [4.78, 5) is 29.5. The number of unbranched alkanes of at least 4 members (excludes halogenated alkanes) is 1. The number of benzene rings is 1. The minimum atomic E-state index is -1.82. The Bertz CT molecular complexity index is 997. The number of nitrogens with zero attached hydrogens (tertiary/aromatic N) is 1. The molecular formula is C22H30N4O5. The summed E-state index contributed by atoms with van der Waals surface area (Å²) in [6, 6.07) is 6.19. The molecule has 2 aromatic heterocycles. The third-order valence-electron chi connectivity index (χ3n) is 4.83. The van der Waals surface area contributed by atoms with E-state index < -0.39 is 11.9 Å². The summed E-state index contributed by atoms with van der Waals surface area (Å²) in [5.41, 5.74) is 4.91. The van der Waals surface area contributed by atoms with Gasteiger partial charge in [-0.1, -0.05) is 13.3 Å². The van der Waals surface area contributed by atoms with Crippen LogP contribution in [0, 0.1) is 6.92 Å². The van der Waals surface area contributed by atoms with Crippen molar-refractivity contribution in [1.29, 1.82) is 0 Å². The van der Waals surface area contributed by atoms with Gasteiger partial charge >= 0.3 is 11.9 Å². The number of aryl methyl sites for hydroxylation is 2. The van der Waals surface area contributed by atoms with Crippen molar-refractivity contribution < 1.29 is 24.5 Å². The number of fused-ring (bicyclic) bond motifs is 1. The van der Waals surface area contributed by atoms with Gasteiger partial charge in [-0.25, -0.2) is 14.6 Å². The first kappa shape index (κ1) is 23.9. The van der Waals surface area contributed by atoms with Crippen molar-refractivity contribution in [3.8, 4) is 5.75 Å². The summed E-state index contributed by atoms with van der Waals surface area (Å²) in [7, 11) is 1.71. The standard InChI is InChI=1S/C20H28N4O.C2H2O4/c1-4-5-6-20-22-13-15(24-20)12-21-10-9-17-14(2)23-19-8-7-16(25-3)11-18(17)19;3-1(4)2(5)6/h7-8,11,13,21,23H,4-6,9-10,12H2,1-3H3,(H,22,24);(H,3,4)(H,5,6). The summed E-state index contributed by atoms with van der Waals surface area (Å²) >= 11 is 0. The van der Waals surface area contributed by atoms with Crippen molar-refractivity contribution in [3.63, 3.8) is 0 Å². The molecule has 0 aliphatic heterocycles. The van der Waals surface area contributed by atoms with Gasteiger partial charge in [0.2, 0.25) is 0 Å². The molecule has 0 bridgehead atoms. The van der Waals surface area contributed by atoms with Gasteiger partial charge in [0, 0.05) is 41.5 Å². The average Bonchev–Trinajstić information content (AvgIpc) is 3.33. The second-order valence-electron chi connectivity index (χ2n) is 7.14. The van der Waals surface area contributed by atoms with Crippen LogP contribution in [-0.4, -0.2) is 50.8 Å². The molecule has 5 N–H and O–H groups in total. The van der Waals surface area contributed by atoms with Crippen LogP contribution in [0.2, 0.25) is 0 Å². The Kier molecular flexibility index (Phi) is 9.08. The maximum atomic E-state index is 9.10. The normalized spacial score (nSPS) is 10.5. The fraction of sp³-hybridized carbons (Fsp3) is 0.409. The lowest BCUT2D eigenvalue weighted by Crippen LogP contribution is -2.17. The van der Waals surface area contributed by atoms with E-state index in [0.29, 0.717) is 0 Å². The van der Waals surface area contributed by atoms with Crippen molar-refractivity contribution >= 4 is 22.8 Å². The third-order valence-corrected chi connectivity index (χ3v) is 4.83. The van der Waals surface area contributed by atoms with E-state index in [2.05, 4.69) is 46.2 Å². The highest BCUT2D eigenvalue weighted by Gasteiger charge is 2.09. The van der Waals surface area contributed by atoms with Crippen LogP contribution >= 0.6 is 0 Å². The molecule has 0 aliphatic carbocycles. The molecule has 2 heterocycles. The summed E-state index contributed by atoms with van der Waals surface area (Å²) in [6.07, 6.45) is 6.34. The number of aromatic nitrogens is 3. The molecule has 0 saturated heterocycles. The molecule has 1 aromatic carbocycles. The van der Waals surface area contributed by atoms with Gasteiger partial charge < -0.3 is 30.2 Å². The molecular weight excluding hydrogens is 400 g/mol. The summed E-state index contributed by atoms with van der Waals surface area (Å²) < 4.78 is 5.36. The fourth-order valence-electron chi connectivity index (χ4n) is 3.21. The molecule has 3 aromatic rings. The van der Waals surface area contributed by atoms with Gasteiger partial charge in [0.1, 0.15) is 11.6 Å². The Balaban J connectivity index is 0.000000501. The molecule has 31 heavy (non-hydrogen) atoms. The molecule has 168 valence electrons. The number of hydrogen-bond donors (Lipinski definition) is 5. The van der Waals surface area contributed by atoms with Crippen LogP contribution in [0.1, 0.15) is 42.5 Å². The van der Waals surface area contributed by atoms with Crippen LogP contribution < -0.4 is 10.1 Å². The van der Waals surface area contributed by atoms with Crippen LogP contribution in [0.25, 0.3) is 10.9 Å². The largest absolute Gasteiger partial charge is 0.497 e. The van der Waals surface area contributed by atoms with Crippen LogP contribution in [0.15, 0.2) is 24.4 Å². The number of imidazole rings is 1. The quantitative estimate of drug-likeness (QED) is 0.260. The van der Waals surface area contributed by atoms with Crippen molar-refractivity contribution in [1.82, 2.24) is 20.3 Å². The number of nitrogens with one attached hydrogen (secondary N) is 3. The predicted molar refractivity (Wildman–Crippen MR) is 117 cm³/mol. The Labute approximate surface area is 180 Å². The summed E-state index contributed by atoms with van der Waals surface area (Å²) in [6.45, 7) is 6.09. The highest BCUT2D eigenvalue weighted by atomic mass is 16.5. The molecule has 0 unspecified atom stereocenters. The zero-order chi connectivity index (χ0) is 22.8. The van der Waals surface area contributed by atoms with E-state index in [1.807, 2.05) is 12.3 Å². The van der Waals surface area contributed by atoms with Crippen LogP contribution in [0.5, 0.6) is 5.75 Å². The number of rotatable bonds is 9. The first-order chi connectivity index (χ1) is 14.8. The van der Waals surface area contributed by atoms with Crippen LogP contribution in [0.4, 0.5) is 0 Å². The highest BCUT2D eigenvalue weighted by molar-refractivity contribution is 6.27. The molecule has 0 aliphatic rings. The van der Waals surface area contributed by atoms with Gasteiger partial charge in [0.05, 0.1) is 7.11 Å². The predicted octanol–water partition coefficient (Wildman–Crippen LogP) is 3.04. The molecule has 9 nitrogen and oxygen atoms in total. The first-order valence-electron chi connectivity index (χ1n) is 10.2. The molecule has 0 fully saturated rings. The average molecular weight is 431 g/mol. The van der Waals surface area contributed by atoms with E-state index in [1.165, 1.54) is 35.0 Å². The van der Waals surface area contributed by atoms with Crippen molar-refractivity contribution in [2.24, 2.45) is 0 Å². The lowest BCUT2D eigenvalue weighted by atomic mass is 10.1. The summed E-state index contributed by atoms with van der Waals surface area (Å²) in [5, 5.41) is 19.5. The van der Waals surface area contributed by atoms with E-state index in [1.54, 1.807) is 7.11 Å². The van der Waals surface area contributed by atoms with Gasteiger partial charge in [0.15, 0.2) is 0 Å². The summed E-state index contributed by atoms with van der Waals surface area (Å²) in [5.74, 6) is -1.65. The number of H-pyrrole nitrogens is 2. The SMILES string of the molecule is CCCCc1ncc(CNCCc2c(C)[nH]c3ccc(OC)cc23)[nH]1.O=C(O)C(=O)O. The number of carboxylic acid groups (broad SMARTS) is 2. The van der Waals surface area contributed by atoms with E-state index in [4.69, 9.17) is 24.5 Å². The number of carboxylic acids is 2. The lowest BCUT2D eigenvalue weighted by molar-refractivity contribution is -0.159. The van der Waals surface area contributed by atoms with Crippen molar-refractivity contribution in [2.45, 2.75) is 46.1 Å². The van der Waals surface area contributed by atoms with Gasteiger partial charge in [-0.2, -0.15) is 0 Å². The Morgan fingerprint density at radius 2 is 1.90 bits per heavy atom. The molecule has 0 radical (unpaired) electrons. The lowest BCUT2D eigenvalue weighted by Gasteiger charge is -2.05. The highest BCUT2D eigenvalue weighted by Crippen LogP contribution is 2.26. The minimum Gasteiger partial charge on any atom is -0.497 e. The molecule has 9 heteroatoms. The smallest absolute Gasteiger partial charge is 0.414 e. The Hall–Kier alpha value is -3.33. The van der Waals surface area contributed by atoms with E-state index in [9.17, 15) is 0 Å². The number of carbonyl (C=O) groups is 2. The Morgan fingerprint density at radius 1 is 1.16 bits per heavy atom. The molecule has 0 spiro atoms. The zero-order valence-electron chi connectivity index (χ0n) is 18.1. The van der Waals surface area contributed by atoms with Gasteiger partial charge in [-0.15, -0.1) is 0 Å². The number of ether oxygens (including phenoxy) is 1. The van der Waals surface area contributed by atoms with Gasteiger partial charge in [0.25, 0.3) is 0 Å². The number of hydrogen-bond acceptors (Lipinski definition) is 5. The fourth-order valence-corrected chi connectivity index (χ4v) is 3.21. The van der Waals surface area contributed by atoms with Gasteiger partial charge in [-0.3, -0.25) is 0 Å². The number of methoxy groups -OCH3 is 1. The van der Waals surface area contributed by atoms with E-state index in [-0.39, 0.29) is 0 Å². The topological polar surface area (TPSA) is 140 Å². The minimum absolute atomic E-state index is 0.823. The zero-order valence-corrected chi connectivity index (χ0v) is 18.1. The van der Waals surface area contributed by atoms with Crippen LogP contribution in [-0.2, 0) is 29.0 Å². The van der Waals surface area contributed by atoms with Crippen LogP contribution in [0.3, 0.4) is 0 Å². The molecule has 0 saturated carbocycles. The second-order valence-corrected chi connectivity index (χ2v) is 7.14. The molecule has 0 amide bonds. The number of aromatic amines is 2. The third kappa shape index (κ3) is 7.14. The first-order valence-corrected chi connectivity index (χ1v) is 10.2. The second kappa shape index (κ2) is 11.8. The molecule has 3 rings (SSSR count). The Morgan fingerprint density at radius 3 is 2.55 bits per heavy atom. The molecule has 0 atom stereocenters. The number of aliphatic carboxylic acids is 2. The maximum absolute atomic E-state index is 9.10. The van der Waals surface area contributed by atoms with E-state index >= 15 is 0 Å². The van der Waals surface area contributed by atoms with Crippen molar-refractivity contribution in [2.75, 3.05) is 13.7 Å². The van der Waals surface area contributed by atoms with Gasteiger partial charge in [-0.05, 0) is 50.1 Å². The van der Waals surface area contributed by atoms with E-state index in [0.717, 1.165) is 43.2 Å². The maximum Gasteiger partial charge on any atom is 0.414 e. The monoisotopic (exact) mass is 430 g/mol.